The van der Waals surface area contributed by atoms with E-state index < -0.39 is 0 Å². The fourth-order valence-corrected chi connectivity index (χ4v) is 3.58. The zero-order valence-corrected chi connectivity index (χ0v) is 15.4. The van der Waals surface area contributed by atoms with E-state index in [9.17, 15) is 0 Å². The fourth-order valence-electron chi connectivity index (χ4n) is 3.11. The van der Waals surface area contributed by atoms with Gasteiger partial charge in [0.25, 0.3) is 0 Å². The Hall–Kier alpha value is -1.32. The molecule has 0 bridgehead atoms. The summed E-state index contributed by atoms with van der Waals surface area (Å²) >= 11 is 3.69. The van der Waals surface area contributed by atoms with Crippen LogP contribution in [0, 0.1) is 0 Å². The predicted molar refractivity (Wildman–Crippen MR) is 99.2 cm³/mol. The highest BCUT2D eigenvalue weighted by Crippen LogP contribution is 2.36. The van der Waals surface area contributed by atoms with Crippen LogP contribution in [-0.4, -0.2) is 19.2 Å². The van der Waals surface area contributed by atoms with E-state index in [0.717, 1.165) is 29.7 Å². The van der Waals surface area contributed by atoms with Gasteiger partial charge in [-0.25, -0.2) is 0 Å². The highest BCUT2D eigenvalue weighted by molar-refractivity contribution is 9.10. The molecule has 2 nitrogen and oxygen atoms in total. The third-order valence-electron chi connectivity index (χ3n) is 4.69. The van der Waals surface area contributed by atoms with E-state index in [1.54, 1.807) is 0 Å². The van der Waals surface area contributed by atoms with Gasteiger partial charge in [0.2, 0.25) is 0 Å². The van der Waals surface area contributed by atoms with Crippen molar-refractivity contribution in [1.29, 1.82) is 0 Å². The molecule has 0 aromatic heterocycles. The Morgan fingerprint density at radius 3 is 2.52 bits per heavy atom. The van der Waals surface area contributed by atoms with Gasteiger partial charge in [-0.1, -0.05) is 50.2 Å². The van der Waals surface area contributed by atoms with Gasteiger partial charge in [-0.05, 0) is 58.6 Å². The van der Waals surface area contributed by atoms with E-state index in [4.69, 9.17) is 4.74 Å². The van der Waals surface area contributed by atoms with Gasteiger partial charge in [0, 0.05) is 12.0 Å². The summed E-state index contributed by atoms with van der Waals surface area (Å²) in [6.07, 6.45) is 2.58. The summed E-state index contributed by atoms with van der Waals surface area (Å²) in [7, 11) is 0. The minimum Gasteiger partial charge on any atom is -0.488 e. The second-order valence-electron chi connectivity index (χ2n) is 6.72. The average molecular weight is 374 g/mol. The molecule has 23 heavy (non-hydrogen) atoms. The van der Waals surface area contributed by atoms with Crippen LogP contribution in [-0.2, 0) is 5.41 Å². The first-order valence-electron chi connectivity index (χ1n) is 8.30. The minimum absolute atomic E-state index is 0.0330. The molecule has 0 radical (unpaired) electrons. The Balaban J connectivity index is 1.81. The maximum absolute atomic E-state index is 6.15. The highest BCUT2D eigenvalue weighted by Gasteiger charge is 2.24. The van der Waals surface area contributed by atoms with Crippen LogP contribution in [0.5, 0.6) is 5.75 Å². The molecule has 122 valence electrons. The van der Waals surface area contributed by atoms with Crippen molar-refractivity contribution in [2.24, 2.45) is 0 Å². The van der Waals surface area contributed by atoms with E-state index in [0.29, 0.717) is 0 Å². The molecule has 1 N–H and O–H groups in total. The predicted octanol–water partition coefficient (Wildman–Crippen LogP) is 4.91. The summed E-state index contributed by atoms with van der Waals surface area (Å²) in [6, 6.07) is 17.1. The molecular weight excluding hydrogens is 350 g/mol. The number of rotatable bonds is 4. The van der Waals surface area contributed by atoms with Crippen molar-refractivity contribution >= 4 is 15.9 Å². The minimum atomic E-state index is -0.0330. The van der Waals surface area contributed by atoms with Crippen LogP contribution in [0.3, 0.4) is 0 Å². The van der Waals surface area contributed by atoms with Crippen molar-refractivity contribution in [2.45, 2.75) is 38.2 Å². The zero-order chi connectivity index (χ0) is 16.3. The van der Waals surface area contributed by atoms with Crippen molar-refractivity contribution in [3.63, 3.8) is 0 Å². The van der Waals surface area contributed by atoms with E-state index in [1.807, 2.05) is 0 Å². The summed E-state index contributed by atoms with van der Waals surface area (Å²) in [5, 5.41) is 3.39. The summed E-state index contributed by atoms with van der Waals surface area (Å²) in [4.78, 5) is 0. The molecule has 0 aliphatic carbocycles. The highest BCUT2D eigenvalue weighted by atomic mass is 79.9. The van der Waals surface area contributed by atoms with Gasteiger partial charge in [0.05, 0.1) is 4.47 Å². The molecule has 0 spiro atoms. The number of hydrogen-bond acceptors (Lipinski definition) is 2. The molecule has 1 fully saturated rings. The molecule has 0 saturated carbocycles. The van der Waals surface area contributed by atoms with Crippen molar-refractivity contribution in [3.8, 4) is 5.75 Å². The summed E-state index contributed by atoms with van der Waals surface area (Å²) < 4.78 is 7.18. The monoisotopic (exact) mass is 373 g/mol. The lowest BCUT2D eigenvalue weighted by Gasteiger charge is -2.28. The molecule has 2 aromatic rings. The molecule has 0 unspecified atom stereocenters. The fraction of sp³-hybridized carbons (Fsp3) is 0.400. The lowest BCUT2D eigenvalue weighted by molar-refractivity contribution is 0.166. The van der Waals surface area contributed by atoms with Crippen LogP contribution in [0.4, 0.5) is 0 Å². The van der Waals surface area contributed by atoms with Crippen molar-refractivity contribution < 1.29 is 4.74 Å². The van der Waals surface area contributed by atoms with Crippen LogP contribution in [0.2, 0.25) is 0 Å². The van der Waals surface area contributed by atoms with Gasteiger partial charge in [-0.3, -0.25) is 0 Å². The van der Waals surface area contributed by atoms with Crippen molar-refractivity contribution in [3.05, 3.63) is 64.1 Å². The number of hydrogen-bond donors (Lipinski definition) is 1. The van der Waals surface area contributed by atoms with Gasteiger partial charge >= 0.3 is 0 Å². The van der Waals surface area contributed by atoms with Crippen LogP contribution >= 0.6 is 15.9 Å². The molecular formula is C20H24BrNO. The molecule has 3 heteroatoms. The molecule has 1 atom stereocenters. The first kappa shape index (κ1) is 16.5. The zero-order valence-electron chi connectivity index (χ0n) is 13.8. The second kappa shape index (κ2) is 7.06. The van der Waals surface area contributed by atoms with Gasteiger partial charge < -0.3 is 10.1 Å². The summed E-state index contributed by atoms with van der Waals surface area (Å²) in [6.45, 7) is 6.56. The normalized spacial score (nSPS) is 18.7. The Morgan fingerprint density at radius 1 is 1.09 bits per heavy atom. The van der Waals surface area contributed by atoms with Crippen LogP contribution in [0.1, 0.15) is 37.8 Å². The van der Waals surface area contributed by atoms with E-state index >= 15 is 0 Å². The molecule has 1 saturated heterocycles. The Kier molecular flexibility index (Phi) is 5.08. The SMILES string of the molecule is CC(C)(c1ccccc1)c1ccc(O[C@H]2CCCNC2)c(Br)c1. The number of piperidine rings is 1. The lowest BCUT2D eigenvalue weighted by atomic mass is 9.78. The average Bonchev–Trinajstić information content (AvgIpc) is 2.58. The number of benzene rings is 2. The number of nitrogens with one attached hydrogen (secondary N) is 1. The van der Waals surface area contributed by atoms with Gasteiger partial charge in [-0.2, -0.15) is 0 Å². The molecule has 1 heterocycles. The van der Waals surface area contributed by atoms with Gasteiger partial charge in [0.15, 0.2) is 0 Å². The molecule has 1 aliphatic heterocycles. The Labute approximate surface area is 147 Å². The third-order valence-corrected chi connectivity index (χ3v) is 5.31. The quantitative estimate of drug-likeness (QED) is 0.822. The number of halogens is 1. The summed E-state index contributed by atoms with van der Waals surface area (Å²) in [5.74, 6) is 0.936. The summed E-state index contributed by atoms with van der Waals surface area (Å²) in [5.41, 5.74) is 2.57. The molecule has 3 rings (SSSR count). The maximum Gasteiger partial charge on any atom is 0.133 e. The van der Waals surface area contributed by atoms with E-state index in [2.05, 4.69) is 83.6 Å². The molecule has 1 aliphatic rings. The van der Waals surface area contributed by atoms with E-state index in [-0.39, 0.29) is 11.5 Å². The second-order valence-corrected chi connectivity index (χ2v) is 7.58. The van der Waals surface area contributed by atoms with Crippen molar-refractivity contribution in [2.75, 3.05) is 13.1 Å². The first-order valence-corrected chi connectivity index (χ1v) is 9.09. The van der Waals surface area contributed by atoms with Crippen LogP contribution < -0.4 is 10.1 Å². The molecule has 0 amide bonds. The van der Waals surface area contributed by atoms with Crippen molar-refractivity contribution in [1.82, 2.24) is 5.32 Å². The van der Waals surface area contributed by atoms with Crippen LogP contribution in [0.15, 0.2) is 53.0 Å². The smallest absolute Gasteiger partial charge is 0.133 e. The first-order chi connectivity index (χ1) is 11.1. The Morgan fingerprint density at radius 2 is 1.87 bits per heavy atom. The van der Waals surface area contributed by atoms with E-state index in [1.165, 1.54) is 17.5 Å². The largest absolute Gasteiger partial charge is 0.488 e. The molecule has 2 aromatic carbocycles. The van der Waals surface area contributed by atoms with Crippen LogP contribution in [0.25, 0.3) is 0 Å². The number of ether oxygens (including phenoxy) is 1. The maximum atomic E-state index is 6.15. The third kappa shape index (κ3) is 3.78. The Bertz CT molecular complexity index is 648. The standard InChI is InChI=1S/C20H24BrNO/c1-20(2,15-7-4-3-5-8-15)16-10-11-19(18(21)13-16)23-17-9-6-12-22-14-17/h3-5,7-8,10-11,13,17,22H,6,9,12,14H2,1-2H3/t17-/m0/s1. The topological polar surface area (TPSA) is 21.3 Å². The van der Waals surface area contributed by atoms with Gasteiger partial charge in [-0.15, -0.1) is 0 Å². The van der Waals surface area contributed by atoms with Gasteiger partial charge in [0.1, 0.15) is 11.9 Å². The lowest BCUT2D eigenvalue weighted by Crippen LogP contribution is -2.37.